The molecule has 6 heteroatoms. The van der Waals surface area contributed by atoms with Gasteiger partial charge in [0.25, 0.3) is 0 Å². The Labute approximate surface area is 78.3 Å². The smallest absolute Gasteiger partial charge is 0.445 e. The fraction of sp³-hybridized carbons (Fsp3) is 0.857. The fourth-order valence-electron chi connectivity index (χ4n) is 0.578. The topological polar surface area (TPSA) is 76.0 Å². The molecule has 0 aromatic heterocycles. The molecule has 0 unspecified atom stereocenters. The van der Waals surface area contributed by atoms with E-state index in [-0.39, 0.29) is 13.2 Å². The van der Waals surface area contributed by atoms with Gasteiger partial charge in [-0.05, 0) is 12.8 Å². The molecule has 0 atom stereocenters. The lowest BCUT2D eigenvalue weighted by Gasteiger charge is -2.10. The maximum atomic E-state index is 10.6. The maximum Gasteiger partial charge on any atom is 0.543 e. The van der Waals surface area contributed by atoms with Gasteiger partial charge >= 0.3 is 13.7 Å². The van der Waals surface area contributed by atoms with E-state index in [9.17, 15) is 9.69 Å². The summed E-state index contributed by atoms with van der Waals surface area (Å²) in [5.41, 5.74) is -1.41. The minimum absolute atomic E-state index is 0.195. The van der Waals surface area contributed by atoms with Gasteiger partial charge in [-0.1, -0.05) is 13.8 Å². The van der Waals surface area contributed by atoms with E-state index in [2.05, 4.69) is 0 Å². The number of carbonyl (C=O) groups is 1. The Kier molecular flexibility index (Phi) is 6.16. The Bertz CT molecular complexity index is 153. The fourth-order valence-corrected chi connectivity index (χ4v) is 1.73. The first-order valence-electron chi connectivity index (χ1n) is 4.21. The average molecular weight is 211 g/mol. The molecule has 0 rings (SSSR count). The standard InChI is InChI=1S/C7H15O5P/c1-3-5-11-13(10,7(8)9)12-6-4-2/h10H,3-6H2,1-2H3/p+1. The van der Waals surface area contributed by atoms with Crippen molar-refractivity contribution in [1.82, 2.24) is 0 Å². The van der Waals surface area contributed by atoms with Crippen molar-refractivity contribution in [2.45, 2.75) is 26.7 Å². The van der Waals surface area contributed by atoms with Crippen molar-refractivity contribution in [1.29, 1.82) is 0 Å². The van der Waals surface area contributed by atoms with E-state index in [0.717, 1.165) is 0 Å². The first-order chi connectivity index (χ1) is 6.06. The second-order valence-corrected chi connectivity index (χ2v) is 4.41. The number of hydrogen-bond donors (Lipinski definition) is 2. The third-order valence-electron chi connectivity index (χ3n) is 1.18. The van der Waals surface area contributed by atoms with Gasteiger partial charge in [-0.25, -0.2) is 0 Å². The molecule has 0 aromatic carbocycles. The van der Waals surface area contributed by atoms with E-state index in [4.69, 9.17) is 14.2 Å². The third-order valence-corrected chi connectivity index (χ3v) is 2.73. The number of rotatable bonds is 7. The van der Waals surface area contributed by atoms with Crippen LogP contribution in [0.3, 0.4) is 0 Å². The highest BCUT2D eigenvalue weighted by molar-refractivity contribution is 7.77. The molecule has 0 amide bonds. The lowest BCUT2D eigenvalue weighted by Crippen LogP contribution is -2.12. The number of hydrogen-bond acceptors (Lipinski definition) is 4. The van der Waals surface area contributed by atoms with Crippen LogP contribution in [0.2, 0.25) is 0 Å². The van der Waals surface area contributed by atoms with Gasteiger partial charge in [0.05, 0.1) is 13.2 Å². The normalized spacial score (nSPS) is 11.6. The zero-order valence-electron chi connectivity index (χ0n) is 7.89. The van der Waals surface area contributed by atoms with E-state index in [1.54, 1.807) is 0 Å². The van der Waals surface area contributed by atoms with Crippen molar-refractivity contribution in [3.05, 3.63) is 0 Å². The minimum Gasteiger partial charge on any atom is -0.445 e. The van der Waals surface area contributed by atoms with Crippen LogP contribution >= 0.6 is 7.94 Å². The Balaban J connectivity index is 4.08. The summed E-state index contributed by atoms with van der Waals surface area (Å²) in [4.78, 5) is 20.0. The van der Waals surface area contributed by atoms with Crippen LogP contribution in [0.15, 0.2) is 0 Å². The molecular weight excluding hydrogens is 195 g/mol. The lowest BCUT2D eigenvalue weighted by atomic mass is 10.5. The van der Waals surface area contributed by atoms with Gasteiger partial charge < -0.3 is 5.11 Å². The third kappa shape index (κ3) is 4.52. The predicted octanol–water partition coefficient (Wildman–Crippen LogP) is 2.27. The van der Waals surface area contributed by atoms with Crippen LogP contribution < -0.4 is 0 Å². The molecule has 0 fully saturated rings. The van der Waals surface area contributed by atoms with Crippen LogP contribution in [0.1, 0.15) is 26.7 Å². The molecule has 0 aliphatic heterocycles. The van der Waals surface area contributed by atoms with Crippen molar-refractivity contribution in [2.75, 3.05) is 13.2 Å². The molecule has 5 nitrogen and oxygen atoms in total. The van der Waals surface area contributed by atoms with E-state index < -0.39 is 13.7 Å². The molecule has 0 heterocycles. The second-order valence-electron chi connectivity index (χ2n) is 2.47. The van der Waals surface area contributed by atoms with Crippen LogP contribution in [-0.2, 0) is 9.05 Å². The van der Waals surface area contributed by atoms with Crippen molar-refractivity contribution in [3.63, 3.8) is 0 Å². The van der Waals surface area contributed by atoms with Gasteiger partial charge in [-0.2, -0.15) is 18.7 Å². The highest BCUT2D eigenvalue weighted by atomic mass is 31.2. The maximum absolute atomic E-state index is 10.6. The molecule has 0 aliphatic carbocycles. The van der Waals surface area contributed by atoms with Crippen LogP contribution in [-0.4, -0.2) is 28.9 Å². The monoisotopic (exact) mass is 211 g/mol. The molecule has 0 saturated heterocycles. The summed E-state index contributed by atoms with van der Waals surface area (Å²) in [5, 5.41) is 8.64. The summed E-state index contributed by atoms with van der Waals surface area (Å²) in [6, 6.07) is 0. The Morgan fingerprint density at radius 2 is 1.62 bits per heavy atom. The van der Waals surface area contributed by atoms with Crippen LogP contribution in [0.5, 0.6) is 0 Å². The Hall–Kier alpha value is -0.220. The van der Waals surface area contributed by atoms with E-state index in [0.29, 0.717) is 12.8 Å². The predicted molar refractivity (Wildman–Crippen MR) is 49.6 cm³/mol. The summed E-state index contributed by atoms with van der Waals surface area (Å²) in [5.74, 6) is 0. The second kappa shape index (κ2) is 6.27. The van der Waals surface area contributed by atoms with Crippen molar-refractivity contribution >= 4 is 13.7 Å². The molecule has 0 radical (unpaired) electrons. The zero-order valence-corrected chi connectivity index (χ0v) is 8.79. The highest BCUT2D eigenvalue weighted by Gasteiger charge is 2.52. The van der Waals surface area contributed by atoms with Gasteiger partial charge in [0.15, 0.2) is 0 Å². The molecule has 78 valence electrons. The van der Waals surface area contributed by atoms with Gasteiger partial charge in [0, 0.05) is 0 Å². The van der Waals surface area contributed by atoms with Crippen LogP contribution in [0.4, 0.5) is 4.79 Å². The quantitative estimate of drug-likeness (QED) is 0.631. The minimum atomic E-state index is -3.66. The first-order valence-corrected chi connectivity index (χ1v) is 5.79. The molecule has 2 N–H and O–H groups in total. The molecule has 0 spiro atoms. The number of carboxylic acid groups (broad SMARTS) is 1. The van der Waals surface area contributed by atoms with Gasteiger partial charge in [-0.15, -0.1) is 0 Å². The van der Waals surface area contributed by atoms with Crippen LogP contribution in [0, 0.1) is 0 Å². The van der Waals surface area contributed by atoms with Crippen molar-refractivity contribution in [2.24, 2.45) is 0 Å². The van der Waals surface area contributed by atoms with Crippen molar-refractivity contribution < 1.29 is 23.8 Å². The first kappa shape index (κ1) is 12.8. The molecule has 0 aliphatic rings. The summed E-state index contributed by atoms with van der Waals surface area (Å²) in [7, 11) is -3.66. The average Bonchev–Trinajstić information content (AvgIpc) is 2.11. The molecule has 0 bridgehead atoms. The molecular formula is C7H16O5P+. The summed E-state index contributed by atoms with van der Waals surface area (Å²) in [6.07, 6.45) is 1.29. The summed E-state index contributed by atoms with van der Waals surface area (Å²) >= 11 is 0. The Morgan fingerprint density at radius 1 is 1.23 bits per heavy atom. The summed E-state index contributed by atoms with van der Waals surface area (Å²) < 4.78 is 9.57. The Morgan fingerprint density at radius 3 is 1.85 bits per heavy atom. The van der Waals surface area contributed by atoms with Gasteiger partial charge in [-0.3, -0.25) is 0 Å². The molecule has 0 aromatic rings. The van der Waals surface area contributed by atoms with Gasteiger partial charge in [0.2, 0.25) is 0 Å². The van der Waals surface area contributed by atoms with Crippen molar-refractivity contribution in [3.8, 4) is 0 Å². The van der Waals surface area contributed by atoms with Crippen LogP contribution in [0.25, 0.3) is 0 Å². The van der Waals surface area contributed by atoms with E-state index >= 15 is 0 Å². The molecule has 0 saturated carbocycles. The zero-order chi connectivity index (χ0) is 10.3. The van der Waals surface area contributed by atoms with Gasteiger partial charge in [0.1, 0.15) is 0 Å². The lowest BCUT2D eigenvalue weighted by molar-refractivity contribution is 0.155. The SMILES string of the molecule is CCCO[P+](O)(OCCC)C(=O)O. The largest absolute Gasteiger partial charge is 0.543 e. The molecule has 13 heavy (non-hydrogen) atoms. The van der Waals surface area contributed by atoms with E-state index in [1.165, 1.54) is 0 Å². The summed E-state index contributed by atoms with van der Waals surface area (Å²) in [6.45, 7) is 4.04. The van der Waals surface area contributed by atoms with E-state index in [1.807, 2.05) is 13.8 Å². The highest BCUT2D eigenvalue weighted by Crippen LogP contribution is 2.57.